The predicted molar refractivity (Wildman–Crippen MR) is 29.3 cm³/mol. The van der Waals surface area contributed by atoms with E-state index in [0.717, 1.165) is 11.1 Å². The Kier molecular flexibility index (Phi) is 1.68. The van der Waals surface area contributed by atoms with E-state index < -0.39 is 12.3 Å². The van der Waals surface area contributed by atoms with Crippen LogP contribution >= 0.6 is 0 Å². The van der Waals surface area contributed by atoms with Crippen LogP contribution in [0.1, 0.15) is 0 Å². The van der Waals surface area contributed by atoms with Gasteiger partial charge in [-0.2, -0.15) is 13.2 Å². The first-order valence-corrected chi connectivity index (χ1v) is 2.59. The molecule has 0 aromatic heterocycles. The van der Waals surface area contributed by atoms with Gasteiger partial charge in [0.25, 0.3) is 0 Å². The summed E-state index contributed by atoms with van der Waals surface area (Å²) in [5, 5.41) is 0. The van der Waals surface area contributed by atoms with Crippen LogP contribution in [-0.4, -0.2) is 30.5 Å². The Morgan fingerprint density at radius 2 is 2.20 bits per heavy atom. The molecule has 0 aliphatic carbocycles. The fourth-order valence-corrected chi connectivity index (χ4v) is 0.670. The second-order valence-corrected chi connectivity index (χ2v) is 1.93. The molecule has 1 rings (SSSR count). The smallest absolute Gasteiger partial charge is 0.267 e. The SMILES string of the molecule is CN1[C]C=NC1C(F)(F)F. The molecule has 0 saturated carbocycles. The van der Waals surface area contributed by atoms with Crippen molar-refractivity contribution in [3.05, 3.63) is 6.54 Å². The lowest BCUT2D eigenvalue weighted by Gasteiger charge is -2.18. The first-order chi connectivity index (χ1) is 4.52. The van der Waals surface area contributed by atoms with Crippen LogP contribution in [0.3, 0.4) is 0 Å². The summed E-state index contributed by atoms with van der Waals surface area (Å²) in [6.07, 6.45) is -4.99. The van der Waals surface area contributed by atoms with Gasteiger partial charge in [0.15, 0.2) is 6.17 Å². The topological polar surface area (TPSA) is 15.6 Å². The van der Waals surface area contributed by atoms with E-state index in [9.17, 15) is 13.2 Å². The van der Waals surface area contributed by atoms with Gasteiger partial charge in [0.2, 0.25) is 0 Å². The van der Waals surface area contributed by atoms with Crippen LogP contribution < -0.4 is 0 Å². The molecule has 0 aromatic rings. The number of rotatable bonds is 0. The van der Waals surface area contributed by atoms with Gasteiger partial charge in [0, 0.05) is 6.21 Å². The van der Waals surface area contributed by atoms with E-state index in [-0.39, 0.29) is 0 Å². The average Bonchev–Trinajstić information content (AvgIpc) is 2.11. The van der Waals surface area contributed by atoms with E-state index >= 15 is 0 Å². The molecule has 0 fully saturated rings. The lowest BCUT2D eigenvalue weighted by atomic mass is 10.5. The fraction of sp³-hybridized carbons (Fsp3) is 0.600. The number of hydrogen-bond acceptors (Lipinski definition) is 2. The van der Waals surface area contributed by atoms with Gasteiger partial charge in [0.05, 0.1) is 0 Å². The zero-order chi connectivity index (χ0) is 7.78. The molecule has 0 aromatic carbocycles. The Morgan fingerprint density at radius 3 is 2.40 bits per heavy atom. The highest BCUT2D eigenvalue weighted by Crippen LogP contribution is 2.27. The van der Waals surface area contributed by atoms with Crippen molar-refractivity contribution in [2.45, 2.75) is 12.3 Å². The van der Waals surface area contributed by atoms with Crippen molar-refractivity contribution < 1.29 is 13.2 Å². The number of aliphatic imine (C=N–C) groups is 1. The molecule has 56 valence electrons. The maximum atomic E-state index is 11.8. The minimum absolute atomic E-state index is 0.889. The molecule has 1 atom stereocenters. The summed E-state index contributed by atoms with van der Waals surface area (Å²) in [6, 6.07) is 0. The lowest BCUT2D eigenvalue weighted by Crippen LogP contribution is -2.37. The van der Waals surface area contributed by atoms with Gasteiger partial charge in [-0.25, -0.2) is 0 Å². The summed E-state index contributed by atoms with van der Waals surface area (Å²) in [5.41, 5.74) is 0. The second kappa shape index (κ2) is 2.23. The number of hydrogen-bond donors (Lipinski definition) is 0. The molecular weight excluding hydrogens is 145 g/mol. The fourth-order valence-electron chi connectivity index (χ4n) is 0.670. The standard InChI is InChI=1S/C5H5F3N2/c1-10-3-2-9-4(10)5(6,7)8/h2,4H,1H3. The summed E-state index contributed by atoms with van der Waals surface area (Å²) in [5.74, 6) is 0. The van der Waals surface area contributed by atoms with Gasteiger partial charge in [0.1, 0.15) is 6.54 Å². The van der Waals surface area contributed by atoms with Crippen molar-refractivity contribution in [1.29, 1.82) is 0 Å². The largest absolute Gasteiger partial charge is 0.424 e. The Morgan fingerprint density at radius 1 is 1.60 bits per heavy atom. The highest BCUT2D eigenvalue weighted by molar-refractivity contribution is 5.69. The lowest BCUT2D eigenvalue weighted by molar-refractivity contribution is -0.170. The Bertz CT molecular complexity index is 151. The molecule has 0 saturated heterocycles. The highest BCUT2D eigenvalue weighted by atomic mass is 19.4. The predicted octanol–water partition coefficient (Wildman–Crippen LogP) is 0.930. The molecule has 1 unspecified atom stereocenters. The first-order valence-electron chi connectivity index (χ1n) is 2.59. The van der Waals surface area contributed by atoms with Crippen LogP contribution in [0.25, 0.3) is 0 Å². The van der Waals surface area contributed by atoms with Crippen LogP contribution in [0.2, 0.25) is 0 Å². The van der Waals surface area contributed by atoms with Gasteiger partial charge >= 0.3 is 6.18 Å². The summed E-state index contributed by atoms with van der Waals surface area (Å²) in [4.78, 5) is 4.04. The Balaban J connectivity index is 2.64. The summed E-state index contributed by atoms with van der Waals surface area (Å²) in [6.45, 7) is 2.30. The molecule has 5 heteroatoms. The van der Waals surface area contributed by atoms with Crippen LogP contribution in [0.15, 0.2) is 4.99 Å². The van der Waals surface area contributed by atoms with Gasteiger partial charge in [-0.15, -0.1) is 0 Å². The Labute approximate surface area is 56.3 Å². The molecule has 2 nitrogen and oxygen atoms in total. The van der Waals surface area contributed by atoms with Crippen LogP contribution in [0.5, 0.6) is 0 Å². The normalized spacial score (nSPS) is 27.8. The van der Waals surface area contributed by atoms with E-state index in [2.05, 4.69) is 11.5 Å². The minimum Gasteiger partial charge on any atom is -0.267 e. The molecule has 10 heavy (non-hydrogen) atoms. The van der Waals surface area contributed by atoms with Gasteiger partial charge < -0.3 is 0 Å². The van der Waals surface area contributed by atoms with Crippen LogP contribution in [-0.2, 0) is 0 Å². The maximum Gasteiger partial charge on any atom is 0.424 e. The van der Waals surface area contributed by atoms with Crippen molar-refractivity contribution >= 4 is 6.21 Å². The third-order valence-electron chi connectivity index (χ3n) is 1.14. The van der Waals surface area contributed by atoms with E-state index in [0.29, 0.717) is 0 Å². The maximum absolute atomic E-state index is 11.8. The van der Waals surface area contributed by atoms with Crippen molar-refractivity contribution in [1.82, 2.24) is 4.90 Å². The third kappa shape index (κ3) is 1.29. The second-order valence-electron chi connectivity index (χ2n) is 1.93. The third-order valence-corrected chi connectivity index (χ3v) is 1.14. The van der Waals surface area contributed by atoms with Gasteiger partial charge in [-0.3, -0.25) is 9.89 Å². The van der Waals surface area contributed by atoms with Crippen molar-refractivity contribution in [3.63, 3.8) is 0 Å². The zero-order valence-corrected chi connectivity index (χ0v) is 5.18. The highest BCUT2D eigenvalue weighted by Gasteiger charge is 2.43. The van der Waals surface area contributed by atoms with Crippen LogP contribution in [0, 0.1) is 6.54 Å². The van der Waals surface area contributed by atoms with E-state index in [4.69, 9.17) is 0 Å². The Hall–Kier alpha value is -0.580. The molecule has 0 spiro atoms. The molecule has 1 aliphatic heterocycles. The number of nitrogens with zero attached hydrogens (tertiary/aromatic N) is 2. The van der Waals surface area contributed by atoms with Gasteiger partial charge in [-0.1, -0.05) is 0 Å². The number of halogens is 3. The monoisotopic (exact) mass is 150 g/mol. The van der Waals surface area contributed by atoms with E-state index in [1.54, 1.807) is 0 Å². The van der Waals surface area contributed by atoms with E-state index in [1.807, 2.05) is 0 Å². The molecule has 1 aliphatic rings. The van der Waals surface area contributed by atoms with E-state index in [1.165, 1.54) is 7.05 Å². The molecule has 0 N–H and O–H groups in total. The minimum atomic E-state index is -4.28. The van der Waals surface area contributed by atoms with Gasteiger partial charge in [-0.05, 0) is 7.05 Å². The summed E-state index contributed by atoms with van der Waals surface area (Å²) >= 11 is 0. The van der Waals surface area contributed by atoms with Crippen molar-refractivity contribution in [2.75, 3.05) is 7.05 Å². The summed E-state index contributed by atoms with van der Waals surface area (Å²) in [7, 11) is 1.28. The quantitative estimate of drug-likeness (QED) is 0.501. The molecule has 2 radical (unpaired) electrons. The molecular formula is C5H5F3N2. The van der Waals surface area contributed by atoms with Crippen molar-refractivity contribution in [2.24, 2.45) is 4.99 Å². The van der Waals surface area contributed by atoms with Crippen molar-refractivity contribution in [3.8, 4) is 0 Å². The molecule has 0 bridgehead atoms. The average molecular weight is 150 g/mol. The number of alkyl halides is 3. The summed E-state index contributed by atoms with van der Waals surface area (Å²) < 4.78 is 35.4. The first kappa shape index (κ1) is 7.53. The molecule has 0 amide bonds. The molecule has 1 heterocycles. The van der Waals surface area contributed by atoms with Crippen LogP contribution in [0.4, 0.5) is 13.2 Å². The zero-order valence-electron chi connectivity index (χ0n) is 5.18.